The van der Waals surface area contributed by atoms with E-state index in [1.165, 1.54) is 16.5 Å². The summed E-state index contributed by atoms with van der Waals surface area (Å²) in [5.41, 5.74) is 3.76. The third-order valence-electron chi connectivity index (χ3n) is 3.82. The van der Waals surface area contributed by atoms with E-state index in [0.717, 1.165) is 16.3 Å². The zero-order valence-corrected chi connectivity index (χ0v) is 12.8. The summed E-state index contributed by atoms with van der Waals surface area (Å²) in [7, 11) is 0. The van der Waals surface area contributed by atoms with Gasteiger partial charge in [0.05, 0.1) is 5.52 Å². The van der Waals surface area contributed by atoms with Crippen molar-refractivity contribution in [3.8, 4) is 0 Å². The van der Waals surface area contributed by atoms with E-state index in [0.29, 0.717) is 0 Å². The Morgan fingerprint density at radius 1 is 0.682 bits per heavy atom. The highest BCUT2D eigenvalue weighted by atomic mass is 14.7. The van der Waals surface area contributed by atoms with Crippen molar-refractivity contribution in [2.45, 2.75) is 13.8 Å². The highest BCUT2D eigenvalue weighted by Crippen LogP contribution is 2.21. The Morgan fingerprint density at radius 3 is 2.14 bits per heavy atom. The molecule has 4 rings (SSSR count). The molecule has 0 atom stereocenters. The number of aryl methyl sites for hydroxylation is 2. The maximum atomic E-state index is 4.37. The predicted octanol–water partition coefficient (Wildman–Crippen LogP) is 5.09. The first-order valence-electron chi connectivity index (χ1n) is 7.35. The Hall–Kier alpha value is -2.74. The summed E-state index contributed by atoms with van der Waals surface area (Å²) in [5.74, 6) is 0. The lowest BCUT2D eigenvalue weighted by atomic mass is 10.1. The van der Waals surface area contributed by atoms with Crippen LogP contribution in [0.3, 0.4) is 0 Å². The lowest BCUT2D eigenvalue weighted by Crippen LogP contribution is -1.81. The predicted molar refractivity (Wildman–Crippen MR) is 93.0 cm³/mol. The Bertz CT molecular complexity index is 837. The number of aromatic nitrogens is 2. The molecule has 108 valence electrons. The fourth-order valence-electron chi connectivity index (χ4n) is 2.37. The van der Waals surface area contributed by atoms with Gasteiger partial charge in [-0.1, -0.05) is 42.5 Å². The van der Waals surface area contributed by atoms with Crippen LogP contribution in [0.2, 0.25) is 0 Å². The van der Waals surface area contributed by atoms with Gasteiger partial charge in [-0.05, 0) is 42.5 Å². The molecule has 0 N–H and O–H groups in total. The average Bonchev–Trinajstić information content (AvgIpc) is 2.58. The third-order valence-corrected chi connectivity index (χ3v) is 3.82. The maximum absolute atomic E-state index is 4.37. The van der Waals surface area contributed by atoms with Crippen molar-refractivity contribution in [2.75, 3.05) is 0 Å². The molecule has 2 heterocycles. The first-order valence-corrected chi connectivity index (χ1v) is 7.35. The molecule has 0 saturated heterocycles. The molecule has 0 unspecified atom stereocenters. The number of hydrogen-bond acceptors (Lipinski definition) is 2. The second-order valence-electron chi connectivity index (χ2n) is 5.32. The molecule has 0 radical (unpaired) electrons. The van der Waals surface area contributed by atoms with Gasteiger partial charge in [0.15, 0.2) is 0 Å². The smallest absolute Gasteiger partial charge is 0.0795 e. The van der Waals surface area contributed by atoms with Crippen LogP contribution in [0.15, 0.2) is 73.2 Å². The monoisotopic (exact) mass is 286 g/mol. The van der Waals surface area contributed by atoms with Crippen molar-refractivity contribution in [1.82, 2.24) is 9.97 Å². The molecule has 0 aliphatic heterocycles. The fraction of sp³-hybridized carbons (Fsp3) is 0.100. The first-order chi connectivity index (χ1) is 10.8. The summed E-state index contributed by atoms with van der Waals surface area (Å²) in [5, 5.41) is 3.46. The minimum atomic E-state index is 1.03. The Balaban J connectivity index is 0.000000154. The highest BCUT2D eigenvalue weighted by Gasteiger charge is 1.99. The van der Waals surface area contributed by atoms with Gasteiger partial charge >= 0.3 is 0 Å². The lowest BCUT2D eigenvalue weighted by molar-refractivity contribution is 1.34. The van der Waals surface area contributed by atoms with Crippen LogP contribution in [0.5, 0.6) is 0 Å². The quantitative estimate of drug-likeness (QED) is 0.421. The topological polar surface area (TPSA) is 25.8 Å². The molecular weight excluding hydrogens is 268 g/mol. The minimum absolute atomic E-state index is 1.03. The van der Waals surface area contributed by atoms with Gasteiger partial charge in [-0.25, -0.2) is 0 Å². The molecule has 2 heteroatoms. The largest absolute Gasteiger partial charge is 0.264 e. The number of hydrogen-bond donors (Lipinski definition) is 0. The van der Waals surface area contributed by atoms with Crippen LogP contribution in [0.25, 0.3) is 21.7 Å². The molecule has 0 aliphatic carbocycles. The molecule has 2 aromatic heterocycles. The van der Waals surface area contributed by atoms with Crippen LogP contribution in [0.1, 0.15) is 11.1 Å². The second kappa shape index (κ2) is 6.35. The molecule has 2 nitrogen and oxygen atoms in total. The van der Waals surface area contributed by atoms with E-state index in [9.17, 15) is 0 Å². The van der Waals surface area contributed by atoms with Crippen LogP contribution in [0, 0.1) is 13.8 Å². The van der Waals surface area contributed by atoms with Gasteiger partial charge in [0.25, 0.3) is 0 Å². The summed E-state index contributed by atoms with van der Waals surface area (Å²) in [6.45, 7) is 4.24. The van der Waals surface area contributed by atoms with Crippen LogP contribution in [-0.2, 0) is 0 Å². The first kappa shape index (κ1) is 14.2. The molecule has 0 saturated carbocycles. The highest BCUT2D eigenvalue weighted by molar-refractivity contribution is 6.04. The van der Waals surface area contributed by atoms with Crippen molar-refractivity contribution in [3.05, 3.63) is 84.3 Å². The fourth-order valence-corrected chi connectivity index (χ4v) is 2.37. The standard InChI is InChI=1S/C12H8N2.C8H10/c1-2-10-4-3-9-5-7-13-8-11(9)12(10)14-6-1;1-7-5-3-4-6-8(7)2/h1-8H;3-6H,1-2H3. The van der Waals surface area contributed by atoms with Crippen LogP contribution >= 0.6 is 0 Å². The molecule has 0 amide bonds. The van der Waals surface area contributed by atoms with Gasteiger partial charge in [-0.2, -0.15) is 0 Å². The van der Waals surface area contributed by atoms with Crippen molar-refractivity contribution in [3.63, 3.8) is 0 Å². The van der Waals surface area contributed by atoms with E-state index >= 15 is 0 Å². The lowest BCUT2D eigenvalue weighted by Gasteiger charge is -2.00. The molecule has 0 spiro atoms. The maximum Gasteiger partial charge on any atom is 0.0795 e. The molecule has 2 aromatic carbocycles. The van der Waals surface area contributed by atoms with Crippen molar-refractivity contribution < 1.29 is 0 Å². The van der Waals surface area contributed by atoms with Gasteiger partial charge in [-0.15, -0.1) is 0 Å². The minimum Gasteiger partial charge on any atom is -0.264 e. The molecule has 0 aliphatic rings. The molecular formula is C20H18N2. The summed E-state index contributed by atoms with van der Waals surface area (Å²) in [6.07, 6.45) is 5.48. The normalized spacial score (nSPS) is 10.3. The van der Waals surface area contributed by atoms with Crippen LogP contribution in [-0.4, -0.2) is 9.97 Å². The molecule has 22 heavy (non-hydrogen) atoms. The number of benzene rings is 2. The Morgan fingerprint density at radius 2 is 1.41 bits per heavy atom. The summed E-state index contributed by atoms with van der Waals surface area (Å²) < 4.78 is 0. The van der Waals surface area contributed by atoms with Crippen molar-refractivity contribution in [1.29, 1.82) is 0 Å². The molecule has 0 bridgehead atoms. The van der Waals surface area contributed by atoms with Crippen molar-refractivity contribution in [2.24, 2.45) is 0 Å². The van der Waals surface area contributed by atoms with Gasteiger partial charge in [0, 0.05) is 29.4 Å². The van der Waals surface area contributed by atoms with Crippen LogP contribution in [0.4, 0.5) is 0 Å². The van der Waals surface area contributed by atoms with E-state index in [2.05, 4.69) is 66.3 Å². The second-order valence-corrected chi connectivity index (χ2v) is 5.32. The Kier molecular flexibility index (Phi) is 4.10. The Labute approximate surface area is 130 Å². The number of fused-ring (bicyclic) bond motifs is 3. The summed E-state index contributed by atoms with van der Waals surface area (Å²) in [6, 6.07) is 18.6. The number of pyridine rings is 2. The van der Waals surface area contributed by atoms with E-state index in [-0.39, 0.29) is 0 Å². The summed E-state index contributed by atoms with van der Waals surface area (Å²) >= 11 is 0. The van der Waals surface area contributed by atoms with Gasteiger partial charge < -0.3 is 0 Å². The zero-order valence-electron chi connectivity index (χ0n) is 12.8. The third kappa shape index (κ3) is 2.96. The van der Waals surface area contributed by atoms with Gasteiger partial charge in [0.1, 0.15) is 0 Å². The van der Waals surface area contributed by atoms with Gasteiger partial charge in [-0.3, -0.25) is 9.97 Å². The average molecular weight is 286 g/mol. The molecule has 0 fully saturated rings. The molecule has 4 aromatic rings. The number of rotatable bonds is 0. The summed E-state index contributed by atoms with van der Waals surface area (Å²) in [4.78, 5) is 8.49. The van der Waals surface area contributed by atoms with Crippen molar-refractivity contribution >= 4 is 21.7 Å². The van der Waals surface area contributed by atoms with E-state index in [1.807, 2.05) is 24.5 Å². The zero-order chi connectivity index (χ0) is 15.4. The van der Waals surface area contributed by atoms with Crippen LogP contribution < -0.4 is 0 Å². The van der Waals surface area contributed by atoms with E-state index in [4.69, 9.17) is 0 Å². The SMILES string of the molecule is Cc1ccccc1C.c1cnc2c(c1)ccc1ccncc12. The van der Waals surface area contributed by atoms with E-state index in [1.54, 1.807) is 6.20 Å². The number of nitrogens with zero attached hydrogens (tertiary/aromatic N) is 2. The van der Waals surface area contributed by atoms with Gasteiger partial charge in [0.2, 0.25) is 0 Å². The van der Waals surface area contributed by atoms with E-state index < -0.39 is 0 Å².